The lowest BCUT2D eigenvalue weighted by Gasteiger charge is -2.38. The Balaban J connectivity index is 2.04. The fourth-order valence-corrected chi connectivity index (χ4v) is 3.36. The summed E-state index contributed by atoms with van der Waals surface area (Å²) < 4.78 is 0. The first kappa shape index (κ1) is 20.9. The minimum atomic E-state index is -0.385. The molecule has 6 heteroatoms. The van der Waals surface area contributed by atoms with Gasteiger partial charge in [0.25, 0.3) is 0 Å². The average molecular weight is 385 g/mol. The van der Waals surface area contributed by atoms with E-state index in [4.69, 9.17) is 9.97 Å². The van der Waals surface area contributed by atoms with Gasteiger partial charge in [-0.25, -0.2) is 0 Å². The van der Waals surface area contributed by atoms with Crippen molar-refractivity contribution in [3.63, 3.8) is 0 Å². The summed E-state index contributed by atoms with van der Waals surface area (Å²) in [5, 5.41) is 19.9. The highest BCUT2D eigenvalue weighted by molar-refractivity contribution is 5.16. The molecule has 0 aromatic carbocycles. The molecule has 0 radical (unpaired) electrons. The topological polar surface area (TPSA) is 72.7 Å². The number of fused-ring (bicyclic) bond motifs is 4. The van der Waals surface area contributed by atoms with Gasteiger partial charge in [-0.05, 0) is 52.0 Å². The smallest absolute Gasteiger partial charge is 0.0610 e. The number of hydrogen-bond acceptors (Lipinski definition) is 6. The molecule has 1 aliphatic rings. The van der Waals surface area contributed by atoms with Crippen LogP contribution < -0.4 is 0 Å². The van der Waals surface area contributed by atoms with Crippen LogP contribution in [0, 0.1) is 0 Å². The van der Waals surface area contributed by atoms with Crippen molar-refractivity contribution in [2.45, 2.75) is 65.0 Å². The standard InChI is InChI=1S/C22H32N4O2/c1-21(2,15-27)25-11-17-7-5-9-19(23-17)13-26(22(3,4)16-28)14-20-10-6-8-18(12-25)24-20/h5-10,27-28H,11-16H2,1-4H3. The van der Waals surface area contributed by atoms with E-state index in [1.165, 1.54) is 0 Å². The van der Waals surface area contributed by atoms with Gasteiger partial charge in [0, 0.05) is 37.3 Å². The van der Waals surface area contributed by atoms with Crippen molar-refractivity contribution in [2.24, 2.45) is 0 Å². The molecule has 2 aromatic heterocycles. The Hall–Kier alpha value is -1.86. The van der Waals surface area contributed by atoms with Crippen molar-refractivity contribution in [2.75, 3.05) is 13.2 Å². The van der Waals surface area contributed by atoms with Crippen LogP contribution in [0.2, 0.25) is 0 Å². The number of aromatic nitrogens is 2. The largest absolute Gasteiger partial charge is 0.394 e. The highest BCUT2D eigenvalue weighted by Gasteiger charge is 2.29. The van der Waals surface area contributed by atoms with Crippen molar-refractivity contribution in [1.29, 1.82) is 0 Å². The second kappa shape index (κ2) is 8.25. The van der Waals surface area contributed by atoms with E-state index >= 15 is 0 Å². The maximum Gasteiger partial charge on any atom is 0.0610 e. The lowest BCUT2D eigenvalue weighted by Crippen LogP contribution is -2.47. The predicted octanol–water partition coefficient (Wildman–Crippen LogP) is 2.34. The fourth-order valence-electron chi connectivity index (χ4n) is 3.36. The van der Waals surface area contributed by atoms with Crippen LogP contribution >= 0.6 is 0 Å². The molecule has 0 saturated carbocycles. The van der Waals surface area contributed by atoms with Crippen LogP contribution in [0.15, 0.2) is 36.4 Å². The van der Waals surface area contributed by atoms with Gasteiger partial charge in [0.15, 0.2) is 0 Å². The van der Waals surface area contributed by atoms with Crippen molar-refractivity contribution in [3.8, 4) is 0 Å². The average Bonchev–Trinajstić information content (AvgIpc) is 2.67. The van der Waals surface area contributed by atoms with Gasteiger partial charge in [0.1, 0.15) is 0 Å². The van der Waals surface area contributed by atoms with E-state index in [0.717, 1.165) is 22.8 Å². The van der Waals surface area contributed by atoms with E-state index in [1.807, 2.05) is 64.1 Å². The number of pyridine rings is 2. The molecule has 6 nitrogen and oxygen atoms in total. The zero-order chi connectivity index (χ0) is 20.4. The second-order valence-electron chi connectivity index (χ2n) is 8.89. The Labute approximate surface area is 167 Å². The number of aliphatic hydroxyl groups excluding tert-OH is 2. The molecule has 0 atom stereocenters. The highest BCUT2D eigenvalue weighted by Crippen LogP contribution is 2.24. The molecule has 2 N–H and O–H groups in total. The number of hydrogen-bond donors (Lipinski definition) is 2. The van der Waals surface area contributed by atoms with Crippen LogP contribution in [-0.2, 0) is 26.2 Å². The van der Waals surface area contributed by atoms with Crippen LogP contribution in [0.1, 0.15) is 50.5 Å². The summed E-state index contributed by atoms with van der Waals surface area (Å²) in [7, 11) is 0. The summed E-state index contributed by atoms with van der Waals surface area (Å²) in [5.41, 5.74) is 3.11. The molecular formula is C22H32N4O2. The molecule has 152 valence electrons. The Morgan fingerprint density at radius 2 is 0.964 bits per heavy atom. The lowest BCUT2D eigenvalue weighted by molar-refractivity contribution is 0.0370. The molecule has 0 spiro atoms. The molecule has 0 amide bonds. The van der Waals surface area contributed by atoms with Crippen molar-refractivity contribution >= 4 is 0 Å². The van der Waals surface area contributed by atoms with Crippen LogP contribution in [-0.4, -0.2) is 54.3 Å². The molecule has 3 heterocycles. The summed E-state index contributed by atoms with van der Waals surface area (Å²) in [6.45, 7) is 10.8. The monoisotopic (exact) mass is 384 g/mol. The van der Waals surface area contributed by atoms with Crippen LogP contribution in [0.4, 0.5) is 0 Å². The van der Waals surface area contributed by atoms with Gasteiger partial charge in [-0.1, -0.05) is 12.1 Å². The van der Waals surface area contributed by atoms with Crippen molar-refractivity contribution < 1.29 is 10.2 Å². The highest BCUT2D eigenvalue weighted by atomic mass is 16.3. The minimum absolute atomic E-state index is 0.0604. The van der Waals surface area contributed by atoms with Gasteiger partial charge in [0.05, 0.1) is 36.0 Å². The van der Waals surface area contributed by atoms with Crippen molar-refractivity contribution in [1.82, 2.24) is 19.8 Å². The summed E-state index contributed by atoms with van der Waals surface area (Å²) >= 11 is 0. The first-order valence-electron chi connectivity index (χ1n) is 9.85. The molecule has 0 unspecified atom stereocenters. The summed E-state index contributed by atoms with van der Waals surface area (Å²) in [6, 6.07) is 12.2. The van der Waals surface area contributed by atoms with E-state index < -0.39 is 0 Å². The maximum atomic E-state index is 9.93. The summed E-state index contributed by atoms with van der Waals surface area (Å²) in [4.78, 5) is 14.2. The number of aliphatic hydroxyl groups is 2. The normalized spacial score (nSPS) is 17.1. The van der Waals surface area contributed by atoms with Gasteiger partial charge in [-0.15, -0.1) is 0 Å². The zero-order valence-electron chi connectivity index (χ0n) is 17.4. The summed E-state index contributed by atoms with van der Waals surface area (Å²) in [5.74, 6) is 0. The Bertz CT molecular complexity index is 697. The Morgan fingerprint density at radius 3 is 1.21 bits per heavy atom. The number of nitrogens with zero attached hydrogens (tertiary/aromatic N) is 4. The molecule has 28 heavy (non-hydrogen) atoms. The van der Waals surface area contributed by atoms with Gasteiger partial charge in [-0.2, -0.15) is 0 Å². The fraction of sp³-hybridized carbons (Fsp3) is 0.545. The van der Waals surface area contributed by atoms with Gasteiger partial charge < -0.3 is 10.2 Å². The quantitative estimate of drug-likeness (QED) is 0.843. The molecule has 3 rings (SSSR count). The molecule has 2 aromatic rings. The van der Waals surface area contributed by atoms with E-state index in [9.17, 15) is 10.2 Å². The van der Waals surface area contributed by atoms with Gasteiger partial charge in [-0.3, -0.25) is 19.8 Å². The lowest BCUT2D eigenvalue weighted by atomic mass is 10.0. The Kier molecular flexibility index (Phi) is 6.15. The molecular weight excluding hydrogens is 352 g/mol. The van der Waals surface area contributed by atoms with Crippen molar-refractivity contribution in [3.05, 3.63) is 59.2 Å². The van der Waals surface area contributed by atoms with E-state index in [-0.39, 0.29) is 24.3 Å². The minimum Gasteiger partial charge on any atom is -0.394 e. The van der Waals surface area contributed by atoms with Crippen LogP contribution in [0.5, 0.6) is 0 Å². The van der Waals surface area contributed by atoms with E-state index in [1.54, 1.807) is 0 Å². The molecule has 0 fully saturated rings. The third kappa shape index (κ3) is 4.75. The predicted molar refractivity (Wildman–Crippen MR) is 109 cm³/mol. The first-order chi connectivity index (χ1) is 13.2. The van der Waals surface area contributed by atoms with E-state index in [2.05, 4.69) is 9.80 Å². The van der Waals surface area contributed by atoms with Gasteiger partial charge >= 0.3 is 0 Å². The Morgan fingerprint density at radius 1 is 0.679 bits per heavy atom. The first-order valence-corrected chi connectivity index (χ1v) is 9.85. The second-order valence-corrected chi connectivity index (χ2v) is 8.89. The van der Waals surface area contributed by atoms with E-state index in [0.29, 0.717) is 26.2 Å². The molecule has 0 aliphatic carbocycles. The molecule has 1 aliphatic heterocycles. The summed E-state index contributed by atoms with van der Waals surface area (Å²) in [6.07, 6.45) is 0. The maximum absolute atomic E-state index is 9.93. The van der Waals surface area contributed by atoms with Gasteiger partial charge in [0.2, 0.25) is 0 Å². The van der Waals surface area contributed by atoms with Crippen LogP contribution in [0.3, 0.4) is 0 Å². The molecule has 0 saturated heterocycles. The third-order valence-corrected chi connectivity index (χ3v) is 5.63. The third-order valence-electron chi connectivity index (χ3n) is 5.63. The zero-order valence-corrected chi connectivity index (χ0v) is 17.4. The SMILES string of the molecule is CC(C)(CO)N1Cc2cccc(n2)CN(C(C)(C)CO)Cc2cccc(n2)C1. The molecule has 4 bridgehead atoms. The number of rotatable bonds is 4. The van der Waals surface area contributed by atoms with Crippen LogP contribution in [0.25, 0.3) is 0 Å².